The molecule has 3 rings (SSSR count). The summed E-state index contributed by atoms with van der Waals surface area (Å²) in [6, 6.07) is 8.63. The second kappa shape index (κ2) is 6.59. The molecule has 1 fully saturated rings. The van der Waals surface area contributed by atoms with E-state index in [9.17, 15) is 0 Å². The summed E-state index contributed by atoms with van der Waals surface area (Å²) in [5.41, 5.74) is 2.75. The van der Waals surface area contributed by atoms with Crippen LogP contribution in [0, 0.1) is 5.92 Å². The average molecular weight is 371 g/mol. The SMILES string of the molecule is CN=C(NCCC1CC1)N1CCc2ccccc21.I. The molecule has 19 heavy (non-hydrogen) atoms. The first-order chi connectivity index (χ1) is 8.88. The Labute approximate surface area is 132 Å². The predicted octanol–water partition coefficient (Wildman–Crippen LogP) is 3.04. The Kier molecular flexibility index (Phi) is 5.07. The Morgan fingerprint density at radius 3 is 2.89 bits per heavy atom. The highest BCUT2D eigenvalue weighted by Crippen LogP contribution is 2.32. The van der Waals surface area contributed by atoms with Crippen LogP contribution in [0.3, 0.4) is 0 Å². The van der Waals surface area contributed by atoms with Crippen molar-refractivity contribution in [2.75, 3.05) is 25.0 Å². The molecular formula is C15H22IN3. The molecule has 0 aromatic heterocycles. The Morgan fingerprint density at radius 2 is 2.16 bits per heavy atom. The van der Waals surface area contributed by atoms with Crippen molar-refractivity contribution in [2.24, 2.45) is 10.9 Å². The van der Waals surface area contributed by atoms with Gasteiger partial charge in [-0.25, -0.2) is 0 Å². The summed E-state index contributed by atoms with van der Waals surface area (Å²) in [6.45, 7) is 2.10. The Balaban J connectivity index is 0.00000133. The minimum absolute atomic E-state index is 0. The van der Waals surface area contributed by atoms with Gasteiger partial charge in [0.05, 0.1) is 0 Å². The molecule has 1 heterocycles. The number of aliphatic imine (C=N–C) groups is 1. The van der Waals surface area contributed by atoms with Crippen molar-refractivity contribution in [3.63, 3.8) is 0 Å². The second-order valence-electron chi connectivity index (χ2n) is 5.24. The monoisotopic (exact) mass is 371 g/mol. The zero-order chi connectivity index (χ0) is 12.4. The van der Waals surface area contributed by atoms with Gasteiger partial charge in [0.1, 0.15) is 0 Å². The van der Waals surface area contributed by atoms with E-state index in [1.54, 1.807) is 0 Å². The van der Waals surface area contributed by atoms with Crippen molar-refractivity contribution in [1.29, 1.82) is 0 Å². The molecule has 4 heteroatoms. The van der Waals surface area contributed by atoms with E-state index in [2.05, 4.69) is 39.5 Å². The molecule has 0 amide bonds. The standard InChI is InChI=1S/C15H21N3.HI/c1-16-15(17-10-8-12-6-7-12)18-11-9-13-4-2-3-5-14(13)18;/h2-5,12H,6-11H2,1H3,(H,16,17);1H. The summed E-state index contributed by atoms with van der Waals surface area (Å²) in [5, 5.41) is 3.50. The summed E-state index contributed by atoms with van der Waals surface area (Å²) in [5.74, 6) is 2.00. The first kappa shape index (κ1) is 14.6. The summed E-state index contributed by atoms with van der Waals surface area (Å²) in [4.78, 5) is 6.73. The summed E-state index contributed by atoms with van der Waals surface area (Å²) in [6.07, 6.45) is 5.26. The third-order valence-electron chi connectivity index (χ3n) is 3.89. The van der Waals surface area contributed by atoms with Crippen molar-refractivity contribution in [1.82, 2.24) is 5.32 Å². The lowest BCUT2D eigenvalue weighted by molar-refractivity contribution is 0.693. The first-order valence-electron chi connectivity index (χ1n) is 6.94. The van der Waals surface area contributed by atoms with Gasteiger partial charge in [0.2, 0.25) is 0 Å². The van der Waals surface area contributed by atoms with Gasteiger partial charge in [0.25, 0.3) is 0 Å². The van der Waals surface area contributed by atoms with Crippen LogP contribution in [-0.4, -0.2) is 26.1 Å². The van der Waals surface area contributed by atoms with E-state index < -0.39 is 0 Å². The normalized spacial score (nSPS) is 17.9. The maximum absolute atomic E-state index is 4.42. The summed E-state index contributed by atoms with van der Waals surface area (Å²) in [7, 11) is 1.88. The number of benzene rings is 1. The number of anilines is 1. The maximum atomic E-state index is 4.42. The van der Waals surface area contributed by atoms with Gasteiger partial charge in [-0.15, -0.1) is 24.0 Å². The van der Waals surface area contributed by atoms with E-state index in [1.165, 1.54) is 30.5 Å². The molecule has 1 N–H and O–H groups in total. The number of hydrogen-bond acceptors (Lipinski definition) is 1. The first-order valence-corrected chi connectivity index (χ1v) is 6.94. The predicted molar refractivity (Wildman–Crippen MR) is 91.6 cm³/mol. The van der Waals surface area contributed by atoms with Gasteiger partial charge in [-0.2, -0.15) is 0 Å². The van der Waals surface area contributed by atoms with Crippen molar-refractivity contribution < 1.29 is 0 Å². The number of halogens is 1. The van der Waals surface area contributed by atoms with E-state index in [0.29, 0.717) is 0 Å². The van der Waals surface area contributed by atoms with Crippen molar-refractivity contribution in [3.8, 4) is 0 Å². The average Bonchev–Trinajstić information content (AvgIpc) is 3.13. The smallest absolute Gasteiger partial charge is 0.198 e. The van der Waals surface area contributed by atoms with E-state index in [-0.39, 0.29) is 24.0 Å². The van der Waals surface area contributed by atoms with Crippen molar-refractivity contribution >= 4 is 35.6 Å². The van der Waals surface area contributed by atoms with Crippen LogP contribution in [0.1, 0.15) is 24.8 Å². The molecule has 0 radical (unpaired) electrons. The zero-order valence-electron chi connectivity index (χ0n) is 11.4. The highest BCUT2D eigenvalue weighted by Gasteiger charge is 2.24. The minimum atomic E-state index is 0. The molecule has 3 nitrogen and oxygen atoms in total. The molecule has 0 atom stereocenters. The molecule has 1 saturated carbocycles. The molecule has 104 valence electrons. The van der Waals surface area contributed by atoms with Gasteiger partial charge in [0.15, 0.2) is 5.96 Å². The van der Waals surface area contributed by atoms with Gasteiger partial charge in [-0.1, -0.05) is 31.0 Å². The number of para-hydroxylation sites is 1. The molecule has 2 aliphatic rings. The fourth-order valence-corrected chi connectivity index (χ4v) is 2.65. The summed E-state index contributed by atoms with van der Waals surface area (Å²) < 4.78 is 0. The lowest BCUT2D eigenvalue weighted by Gasteiger charge is -2.22. The molecule has 0 saturated heterocycles. The molecule has 1 aromatic carbocycles. The highest BCUT2D eigenvalue weighted by atomic mass is 127. The molecule has 1 aliphatic carbocycles. The number of guanidine groups is 1. The van der Waals surface area contributed by atoms with E-state index in [1.807, 2.05) is 7.05 Å². The lowest BCUT2D eigenvalue weighted by atomic mass is 10.2. The minimum Gasteiger partial charge on any atom is -0.356 e. The van der Waals surface area contributed by atoms with Crippen LogP contribution in [-0.2, 0) is 6.42 Å². The Hall–Kier alpha value is -0.780. The maximum Gasteiger partial charge on any atom is 0.198 e. The van der Waals surface area contributed by atoms with Crippen LogP contribution in [0.25, 0.3) is 0 Å². The van der Waals surface area contributed by atoms with Crippen LogP contribution in [0.2, 0.25) is 0 Å². The largest absolute Gasteiger partial charge is 0.356 e. The van der Waals surface area contributed by atoms with Crippen LogP contribution >= 0.6 is 24.0 Å². The van der Waals surface area contributed by atoms with E-state index in [0.717, 1.165) is 31.4 Å². The van der Waals surface area contributed by atoms with Gasteiger partial charge < -0.3 is 10.2 Å². The molecule has 0 spiro atoms. The molecule has 0 bridgehead atoms. The highest BCUT2D eigenvalue weighted by molar-refractivity contribution is 14.0. The summed E-state index contributed by atoms with van der Waals surface area (Å²) >= 11 is 0. The number of nitrogens with one attached hydrogen (secondary N) is 1. The lowest BCUT2D eigenvalue weighted by Crippen LogP contribution is -2.41. The van der Waals surface area contributed by atoms with Crippen LogP contribution in [0.4, 0.5) is 5.69 Å². The van der Waals surface area contributed by atoms with E-state index in [4.69, 9.17) is 0 Å². The number of fused-ring (bicyclic) bond motifs is 1. The number of hydrogen-bond donors (Lipinski definition) is 1. The molecule has 0 unspecified atom stereocenters. The number of rotatable bonds is 3. The third kappa shape index (κ3) is 3.41. The van der Waals surface area contributed by atoms with Gasteiger partial charge in [-0.05, 0) is 30.4 Å². The Morgan fingerprint density at radius 1 is 1.37 bits per heavy atom. The van der Waals surface area contributed by atoms with Gasteiger partial charge in [-0.3, -0.25) is 4.99 Å². The fraction of sp³-hybridized carbons (Fsp3) is 0.533. The van der Waals surface area contributed by atoms with Gasteiger partial charge >= 0.3 is 0 Å². The van der Waals surface area contributed by atoms with Crippen molar-refractivity contribution in [2.45, 2.75) is 25.7 Å². The van der Waals surface area contributed by atoms with Crippen LogP contribution in [0.15, 0.2) is 29.3 Å². The number of nitrogens with zero attached hydrogens (tertiary/aromatic N) is 2. The molecule has 1 aliphatic heterocycles. The molecular weight excluding hydrogens is 349 g/mol. The second-order valence-corrected chi connectivity index (χ2v) is 5.24. The zero-order valence-corrected chi connectivity index (χ0v) is 13.8. The van der Waals surface area contributed by atoms with Crippen molar-refractivity contribution in [3.05, 3.63) is 29.8 Å². The van der Waals surface area contributed by atoms with Crippen LogP contribution < -0.4 is 10.2 Å². The van der Waals surface area contributed by atoms with Gasteiger partial charge in [0, 0.05) is 25.8 Å². The quantitative estimate of drug-likeness (QED) is 0.503. The third-order valence-corrected chi connectivity index (χ3v) is 3.89. The molecule has 1 aromatic rings. The van der Waals surface area contributed by atoms with E-state index >= 15 is 0 Å². The topological polar surface area (TPSA) is 27.6 Å². The Bertz CT molecular complexity index is 454. The van der Waals surface area contributed by atoms with Crippen LogP contribution in [0.5, 0.6) is 0 Å². The fourth-order valence-electron chi connectivity index (χ4n) is 2.65.